The number of nitrogens with two attached hydrogens (primary N) is 1. The molecule has 0 aromatic heterocycles. The second-order valence-corrected chi connectivity index (χ2v) is 15.2. The van der Waals surface area contributed by atoms with Gasteiger partial charge >= 0.3 is 5.97 Å². The van der Waals surface area contributed by atoms with Gasteiger partial charge in [0.25, 0.3) is 29.3 Å². The third kappa shape index (κ3) is 12.7. The maximum atomic E-state index is 13.6. The number of aromatic carboxylic acids is 1. The molecule has 0 spiro atoms. The number of benzene rings is 5. The number of carbonyl (C=O) groups excluding carboxylic acids is 6. The molecule has 21 nitrogen and oxygen atoms in total. The Morgan fingerprint density at radius 3 is 1.72 bits per heavy atom. The topological polar surface area (TPSA) is 317 Å². The third-order valence-electron chi connectivity index (χ3n) is 9.92. The quantitative estimate of drug-likeness (QED) is 0.0330. The number of methoxy groups -OCH3 is 1. The van der Waals surface area contributed by atoms with Crippen LogP contribution in [0.15, 0.2) is 103 Å². The number of hydrogen-bond acceptors (Lipinski definition) is 13. The highest BCUT2D eigenvalue weighted by molar-refractivity contribution is 6.10. The minimum atomic E-state index is -1.66. The number of nitro groups is 1. The fourth-order valence-electron chi connectivity index (χ4n) is 6.24. The van der Waals surface area contributed by atoms with Crippen LogP contribution in [0.5, 0.6) is 17.2 Å². The molecule has 0 radical (unpaired) electrons. The number of nitro benzene ring substituents is 1. The van der Waals surface area contributed by atoms with E-state index in [0.717, 1.165) is 7.11 Å². The van der Waals surface area contributed by atoms with Crippen molar-refractivity contribution >= 4 is 69.8 Å². The fraction of sp³-hybridized carbons (Fsp3) is 0.213. The minimum absolute atomic E-state index is 0.000912. The number of nitrogens with zero attached hydrogens (tertiary/aromatic N) is 1. The van der Waals surface area contributed by atoms with Crippen molar-refractivity contribution in [2.24, 2.45) is 5.73 Å². The molecule has 0 bridgehead atoms. The van der Waals surface area contributed by atoms with Crippen LogP contribution in [0.4, 0.5) is 28.4 Å². The summed E-state index contributed by atoms with van der Waals surface area (Å²) in [7, 11) is 1.11. The average molecular weight is 934 g/mol. The Morgan fingerprint density at radius 1 is 0.676 bits per heavy atom. The molecule has 21 heteroatoms. The SMILES string of the molecule is CCC(C)Oc1cc(C(=O)O)ccc1NC(=O)c1ccc(NC(=O)c2ccc(NC(=O)C(NC(=O)c3ccc(NC(=O)c4ccc([N+](=O)[O-])cc4)cc3)C(OC)C(N)=O)cc2)c(OC(C)C)c1O. The predicted molar refractivity (Wildman–Crippen MR) is 247 cm³/mol. The maximum Gasteiger partial charge on any atom is 0.335 e. The Morgan fingerprint density at radius 2 is 1.19 bits per heavy atom. The Hall–Kier alpha value is -8.85. The summed E-state index contributed by atoms with van der Waals surface area (Å²) in [6, 6.07) is 20.7. The Labute approximate surface area is 388 Å². The summed E-state index contributed by atoms with van der Waals surface area (Å²) in [5.74, 6) is -6.77. The van der Waals surface area contributed by atoms with E-state index in [1.807, 2.05) is 6.92 Å². The average Bonchev–Trinajstić information content (AvgIpc) is 3.30. The van der Waals surface area contributed by atoms with Crippen LogP contribution in [0.2, 0.25) is 0 Å². The zero-order valence-corrected chi connectivity index (χ0v) is 37.1. The number of ether oxygens (including phenoxy) is 3. The number of phenols is 1. The number of non-ortho nitro benzene ring substituents is 1. The standard InChI is InChI=1S/C47H47N7O14/c1-6-25(4)68-36-23-29(47(62)63)13-21-34(36)51-45(60)33-20-22-35(39(38(33)55)67-24(2)3)52-43(58)26-7-16-31(17-8-26)50-46(61)37(40(66-5)41(48)56)53-44(59)27-9-14-30(15-10-27)49-42(57)28-11-18-32(19-12-28)54(64)65/h7-25,37,40,55H,6H2,1-5H3,(H2,48,56)(H,49,57)(H,50,61)(H,51,60)(H,52,58)(H,53,59)(H,62,63). The second kappa shape index (κ2) is 22.4. The molecule has 0 aliphatic heterocycles. The zero-order chi connectivity index (χ0) is 49.8. The van der Waals surface area contributed by atoms with Crippen molar-refractivity contribution in [3.05, 3.63) is 141 Å². The van der Waals surface area contributed by atoms with E-state index >= 15 is 0 Å². The van der Waals surface area contributed by atoms with Crippen molar-refractivity contribution in [3.8, 4) is 17.2 Å². The monoisotopic (exact) mass is 933 g/mol. The van der Waals surface area contributed by atoms with E-state index in [1.165, 1.54) is 103 Å². The summed E-state index contributed by atoms with van der Waals surface area (Å²) >= 11 is 0. The minimum Gasteiger partial charge on any atom is -0.504 e. The van der Waals surface area contributed by atoms with Crippen LogP contribution in [0, 0.1) is 10.1 Å². The number of phenolic OH excluding ortho intramolecular Hbond substituents is 1. The zero-order valence-electron chi connectivity index (χ0n) is 37.1. The molecule has 0 aliphatic carbocycles. The van der Waals surface area contributed by atoms with Gasteiger partial charge in [-0.3, -0.25) is 38.9 Å². The summed E-state index contributed by atoms with van der Waals surface area (Å²) in [6.07, 6.45) is -1.89. The molecule has 68 heavy (non-hydrogen) atoms. The molecule has 0 heterocycles. The lowest BCUT2D eigenvalue weighted by molar-refractivity contribution is -0.384. The van der Waals surface area contributed by atoms with Gasteiger partial charge in [0.1, 0.15) is 11.8 Å². The van der Waals surface area contributed by atoms with Crippen LogP contribution >= 0.6 is 0 Å². The first-order chi connectivity index (χ1) is 32.3. The summed E-state index contributed by atoms with van der Waals surface area (Å²) in [5.41, 5.74) is 5.80. The van der Waals surface area contributed by atoms with E-state index in [0.29, 0.717) is 6.42 Å². The van der Waals surface area contributed by atoms with E-state index in [-0.39, 0.29) is 73.9 Å². The summed E-state index contributed by atoms with van der Waals surface area (Å²) in [6.45, 7) is 6.97. The Bertz CT molecular complexity index is 2730. The molecule has 0 saturated carbocycles. The first-order valence-electron chi connectivity index (χ1n) is 20.7. The van der Waals surface area contributed by atoms with E-state index in [1.54, 1.807) is 20.8 Å². The Balaban J connectivity index is 1.27. The van der Waals surface area contributed by atoms with Gasteiger partial charge in [-0.05, 0) is 118 Å². The number of primary amides is 1. The Kier molecular flexibility index (Phi) is 16.5. The van der Waals surface area contributed by atoms with Crippen LogP contribution in [0.3, 0.4) is 0 Å². The van der Waals surface area contributed by atoms with Crippen molar-refractivity contribution in [1.29, 1.82) is 0 Å². The van der Waals surface area contributed by atoms with Gasteiger partial charge in [0, 0.05) is 47.3 Å². The second-order valence-electron chi connectivity index (χ2n) is 15.2. The van der Waals surface area contributed by atoms with Gasteiger partial charge in [-0.2, -0.15) is 0 Å². The van der Waals surface area contributed by atoms with Crippen molar-refractivity contribution in [2.75, 3.05) is 28.4 Å². The van der Waals surface area contributed by atoms with Crippen molar-refractivity contribution in [1.82, 2.24) is 5.32 Å². The number of carboxylic acids is 1. The predicted octanol–water partition coefficient (Wildman–Crippen LogP) is 5.96. The van der Waals surface area contributed by atoms with E-state index in [2.05, 4.69) is 26.6 Å². The number of carbonyl (C=O) groups is 7. The number of carboxylic acid groups (broad SMARTS) is 1. The number of anilines is 4. The van der Waals surface area contributed by atoms with Crippen molar-refractivity contribution < 1.29 is 62.9 Å². The molecule has 0 fully saturated rings. The smallest absolute Gasteiger partial charge is 0.335 e. The molecule has 0 aliphatic rings. The molecular formula is C47H47N7O14. The van der Waals surface area contributed by atoms with E-state index in [4.69, 9.17) is 19.9 Å². The third-order valence-corrected chi connectivity index (χ3v) is 9.92. The van der Waals surface area contributed by atoms with Crippen molar-refractivity contribution in [3.63, 3.8) is 0 Å². The maximum absolute atomic E-state index is 13.6. The molecule has 354 valence electrons. The molecule has 5 aromatic rings. The normalized spacial score (nSPS) is 12.1. The highest BCUT2D eigenvalue weighted by Gasteiger charge is 2.35. The molecule has 9 N–H and O–H groups in total. The van der Waals surface area contributed by atoms with Gasteiger partial charge in [-0.25, -0.2) is 4.79 Å². The highest BCUT2D eigenvalue weighted by Crippen LogP contribution is 2.40. The lowest BCUT2D eigenvalue weighted by Gasteiger charge is -2.24. The molecule has 3 atom stereocenters. The summed E-state index contributed by atoms with van der Waals surface area (Å²) < 4.78 is 16.8. The molecule has 0 saturated heterocycles. The number of rotatable bonds is 20. The number of nitrogens with one attached hydrogen (secondary N) is 5. The van der Waals surface area contributed by atoms with Gasteiger partial charge in [-0.1, -0.05) is 6.92 Å². The fourth-order valence-corrected chi connectivity index (χ4v) is 6.24. The summed E-state index contributed by atoms with van der Waals surface area (Å²) in [5, 5.41) is 44.6. The van der Waals surface area contributed by atoms with Gasteiger partial charge < -0.3 is 56.7 Å². The molecule has 3 unspecified atom stereocenters. The number of aromatic hydroxyl groups is 1. The number of amides is 6. The summed E-state index contributed by atoms with van der Waals surface area (Å²) in [4.78, 5) is 101. The van der Waals surface area contributed by atoms with Gasteiger partial charge in [0.05, 0.1) is 39.6 Å². The largest absolute Gasteiger partial charge is 0.504 e. The van der Waals surface area contributed by atoms with Crippen LogP contribution < -0.4 is 41.8 Å². The lowest BCUT2D eigenvalue weighted by Crippen LogP contribution is -2.56. The van der Waals surface area contributed by atoms with Gasteiger partial charge in [0.2, 0.25) is 11.8 Å². The van der Waals surface area contributed by atoms with Crippen LogP contribution in [-0.2, 0) is 14.3 Å². The first-order valence-corrected chi connectivity index (χ1v) is 20.7. The molecule has 5 aromatic carbocycles. The van der Waals surface area contributed by atoms with E-state index in [9.17, 15) is 53.9 Å². The van der Waals surface area contributed by atoms with Crippen LogP contribution in [0.25, 0.3) is 0 Å². The molecular weight excluding hydrogens is 887 g/mol. The molecule has 5 rings (SSSR count). The van der Waals surface area contributed by atoms with Crippen molar-refractivity contribution in [2.45, 2.75) is 58.5 Å². The highest BCUT2D eigenvalue weighted by atomic mass is 16.6. The van der Waals surface area contributed by atoms with E-state index < -0.39 is 70.3 Å². The van der Waals surface area contributed by atoms with Gasteiger partial charge in [0.15, 0.2) is 17.6 Å². The van der Waals surface area contributed by atoms with Crippen LogP contribution in [0.1, 0.15) is 85.9 Å². The lowest BCUT2D eigenvalue weighted by atomic mass is 10.1. The van der Waals surface area contributed by atoms with Gasteiger partial charge in [-0.15, -0.1) is 0 Å². The van der Waals surface area contributed by atoms with Crippen LogP contribution in [-0.4, -0.2) is 88.0 Å². The number of hydrogen-bond donors (Lipinski definition) is 8. The molecule has 6 amide bonds. The first kappa shape index (κ1) is 50.2.